The molecule has 28 heavy (non-hydrogen) atoms. The average molecular weight is 386 g/mol. The van der Waals surface area contributed by atoms with Crippen LogP contribution in [0.2, 0.25) is 0 Å². The number of carbonyl (C=O) groups excluding carboxylic acids is 2. The van der Waals surface area contributed by atoms with Crippen LogP contribution in [0.25, 0.3) is 11.0 Å². The first-order valence-corrected chi connectivity index (χ1v) is 8.37. The largest absolute Gasteiger partial charge is 0.508 e. The summed E-state index contributed by atoms with van der Waals surface area (Å²) in [4.78, 5) is 20.0. The fraction of sp³-hybridized carbons (Fsp3) is 0.200. The molecule has 0 saturated carbocycles. The Hall–Kier alpha value is -3.68. The summed E-state index contributed by atoms with van der Waals surface area (Å²) < 4.78 is 19.8. The first-order valence-electron chi connectivity index (χ1n) is 8.37. The van der Waals surface area contributed by atoms with Gasteiger partial charge in [-0.15, -0.1) is 0 Å². The lowest BCUT2D eigenvalue weighted by atomic mass is 10.0. The standard InChI is InChI=1S/C10H10O4.C10H8O4/c2*11-6-13-4-7-5-14-10-3-8(12)1-2-9(7)10/h1-3,6-7,12H,4-5H2;1-3,5-6,12H,4H2/t7-;/m1./s1. The van der Waals surface area contributed by atoms with Crippen LogP contribution in [0.5, 0.6) is 17.2 Å². The Labute approximate surface area is 159 Å². The number of furan rings is 1. The van der Waals surface area contributed by atoms with Crippen LogP contribution >= 0.6 is 0 Å². The van der Waals surface area contributed by atoms with E-state index in [-0.39, 0.29) is 24.0 Å². The van der Waals surface area contributed by atoms with Gasteiger partial charge in [0.25, 0.3) is 12.9 Å². The molecule has 0 saturated heterocycles. The van der Waals surface area contributed by atoms with E-state index in [2.05, 4.69) is 9.47 Å². The molecule has 8 heteroatoms. The summed E-state index contributed by atoms with van der Waals surface area (Å²) >= 11 is 0. The Balaban J connectivity index is 0.000000161. The van der Waals surface area contributed by atoms with E-state index in [9.17, 15) is 14.7 Å². The molecule has 1 atom stereocenters. The number of ether oxygens (including phenoxy) is 3. The van der Waals surface area contributed by atoms with Gasteiger partial charge in [-0.1, -0.05) is 6.07 Å². The van der Waals surface area contributed by atoms with Crippen LogP contribution in [0.3, 0.4) is 0 Å². The fourth-order valence-electron chi connectivity index (χ4n) is 2.87. The maximum absolute atomic E-state index is 10.0. The zero-order chi connectivity index (χ0) is 19.9. The van der Waals surface area contributed by atoms with Gasteiger partial charge in [-0.2, -0.15) is 0 Å². The Morgan fingerprint density at radius 3 is 2.57 bits per heavy atom. The number of hydrogen-bond donors (Lipinski definition) is 2. The Morgan fingerprint density at radius 2 is 1.79 bits per heavy atom. The van der Waals surface area contributed by atoms with Gasteiger partial charge in [0.05, 0.1) is 18.8 Å². The van der Waals surface area contributed by atoms with E-state index in [0.29, 0.717) is 37.5 Å². The van der Waals surface area contributed by atoms with Crippen molar-refractivity contribution in [2.45, 2.75) is 12.5 Å². The van der Waals surface area contributed by atoms with Crippen LogP contribution in [-0.4, -0.2) is 36.4 Å². The Morgan fingerprint density at radius 1 is 1.04 bits per heavy atom. The molecule has 2 N–H and O–H groups in total. The summed E-state index contributed by atoms with van der Waals surface area (Å²) in [6, 6.07) is 9.74. The van der Waals surface area contributed by atoms with Crippen LogP contribution < -0.4 is 4.74 Å². The molecule has 4 rings (SSSR count). The van der Waals surface area contributed by atoms with Gasteiger partial charge in [-0.3, -0.25) is 9.59 Å². The predicted octanol–water partition coefficient (Wildman–Crippen LogP) is 2.85. The quantitative estimate of drug-likeness (QED) is 0.622. The summed E-state index contributed by atoms with van der Waals surface area (Å²) in [5.74, 6) is 1.08. The van der Waals surface area contributed by atoms with E-state index in [4.69, 9.17) is 14.3 Å². The van der Waals surface area contributed by atoms with Gasteiger partial charge in [0.15, 0.2) is 0 Å². The third-order valence-electron chi connectivity index (χ3n) is 4.19. The summed E-state index contributed by atoms with van der Waals surface area (Å²) in [5.41, 5.74) is 2.34. The molecular formula is C20H18O8. The van der Waals surface area contributed by atoms with Gasteiger partial charge >= 0.3 is 0 Å². The van der Waals surface area contributed by atoms with Crippen molar-refractivity contribution in [3.8, 4) is 17.2 Å². The maximum atomic E-state index is 10.0. The highest BCUT2D eigenvalue weighted by Gasteiger charge is 2.24. The molecule has 1 aliphatic heterocycles. The highest BCUT2D eigenvalue weighted by molar-refractivity contribution is 5.82. The molecule has 1 aromatic heterocycles. The van der Waals surface area contributed by atoms with Gasteiger partial charge in [0.1, 0.15) is 36.0 Å². The molecule has 146 valence electrons. The van der Waals surface area contributed by atoms with Gasteiger partial charge < -0.3 is 28.8 Å². The highest BCUT2D eigenvalue weighted by atomic mass is 16.5. The smallest absolute Gasteiger partial charge is 0.293 e. The van der Waals surface area contributed by atoms with Crippen LogP contribution in [0.1, 0.15) is 17.0 Å². The van der Waals surface area contributed by atoms with Crippen LogP contribution in [-0.2, 0) is 25.7 Å². The number of hydrogen-bond acceptors (Lipinski definition) is 8. The van der Waals surface area contributed by atoms with E-state index in [0.717, 1.165) is 16.5 Å². The molecular weight excluding hydrogens is 368 g/mol. The minimum absolute atomic E-state index is 0.0794. The lowest BCUT2D eigenvalue weighted by Gasteiger charge is -2.05. The van der Waals surface area contributed by atoms with E-state index in [1.807, 2.05) is 0 Å². The van der Waals surface area contributed by atoms with Crippen molar-refractivity contribution in [2.75, 3.05) is 13.2 Å². The lowest BCUT2D eigenvalue weighted by Crippen LogP contribution is -2.08. The van der Waals surface area contributed by atoms with Gasteiger partial charge in [-0.05, 0) is 18.2 Å². The molecule has 0 bridgehead atoms. The molecule has 0 spiro atoms. The number of phenolic OH excluding ortho intramolecular Hbond substituents is 2. The molecule has 2 aromatic carbocycles. The van der Waals surface area contributed by atoms with Crippen LogP contribution in [0, 0.1) is 0 Å². The van der Waals surface area contributed by atoms with Crippen LogP contribution in [0.15, 0.2) is 47.1 Å². The molecule has 0 aliphatic carbocycles. The number of carbonyl (C=O) groups is 2. The third-order valence-corrected chi connectivity index (χ3v) is 4.19. The molecule has 1 aliphatic rings. The molecule has 3 aromatic rings. The third kappa shape index (κ3) is 4.35. The second kappa shape index (κ2) is 8.81. The molecule has 0 amide bonds. The summed E-state index contributed by atoms with van der Waals surface area (Å²) in [7, 11) is 0. The zero-order valence-corrected chi connectivity index (χ0v) is 14.7. The fourth-order valence-corrected chi connectivity index (χ4v) is 2.87. The SMILES string of the molecule is O=COC[C@@H]1COc2cc(O)ccc21.O=COCc1coc2cc(O)ccc12. The van der Waals surface area contributed by atoms with E-state index in [1.54, 1.807) is 30.3 Å². The number of phenols is 2. The second-order valence-corrected chi connectivity index (χ2v) is 6.01. The number of fused-ring (bicyclic) bond motifs is 2. The van der Waals surface area contributed by atoms with Crippen molar-refractivity contribution in [1.82, 2.24) is 0 Å². The van der Waals surface area contributed by atoms with Gasteiger partial charge in [-0.25, -0.2) is 0 Å². The monoisotopic (exact) mass is 386 g/mol. The topological polar surface area (TPSA) is 115 Å². The first kappa shape index (κ1) is 19.1. The van der Waals surface area contributed by atoms with Gasteiger partial charge in [0, 0.05) is 28.6 Å². The van der Waals surface area contributed by atoms with E-state index in [1.165, 1.54) is 12.3 Å². The lowest BCUT2D eigenvalue weighted by molar-refractivity contribution is -0.130. The Bertz CT molecular complexity index is 962. The van der Waals surface area contributed by atoms with Crippen molar-refractivity contribution in [3.05, 3.63) is 53.8 Å². The van der Waals surface area contributed by atoms with Crippen molar-refractivity contribution < 1.29 is 38.4 Å². The summed E-state index contributed by atoms with van der Waals surface area (Å²) in [6.07, 6.45) is 1.51. The Kier molecular flexibility index (Phi) is 6.01. The second-order valence-electron chi connectivity index (χ2n) is 6.01. The normalized spacial score (nSPS) is 14.4. The van der Waals surface area contributed by atoms with Crippen LogP contribution in [0.4, 0.5) is 0 Å². The molecule has 0 radical (unpaired) electrons. The highest BCUT2D eigenvalue weighted by Crippen LogP contribution is 2.36. The molecule has 0 unspecified atom stereocenters. The predicted molar refractivity (Wildman–Crippen MR) is 97.1 cm³/mol. The summed E-state index contributed by atoms with van der Waals surface area (Å²) in [5, 5.41) is 19.2. The molecule has 2 heterocycles. The number of rotatable bonds is 6. The minimum Gasteiger partial charge on any atom is -0.508 e. The van der Waals surface area contributed by atoms with Crippen molar-refractivity contribution in [2.24, 2.45) is 0 Å². The molecule has 0 fully saturated rings. The number of aromatic hydroxyl groups is 2. The zero-order valence-electron chi connectivity index (χ0n) is 14.7. The average Bonchev–Trinajstić information content (AvgIpc) is 3.28. The van der Waals surface area contributed by atoms with E-state index >= 15 is 0 Å². The van der Waals surface area contributed by atoms with E-state index < -0.39 is 0 Å². The number of benzene rings is 2. The van der Waals surface area contributed by atoms with Gasteiger partial charge in [0.2, 0.25) is 0 Å². The minimum atomic E-state index is 0.0794. The van der Waals surface area contributed by atoms with Crippen molar-refractivity contribution in [3.63, 3.8) is 0 Å². The van der Waals surface area contributed by atoms with Crippen molar-refractivity contribution in [1.29, 1.82) is 0 Å². The van der Waals surface area contributed by atoms with Crippen molar-refractivity contribution >= 4 is 23.9 Å². The molecule has 8 nitrogen and oxygen atoms in total. The first-order chi connectivity index (χ1) is 13.6. The maximum Gasteiger partial charge on any atom is 0.293 e. The summed E-state index contributed by atoms with van der Waals surface area (Å²) in [6.45, 7) is 1.81.